The second-order valence-corrected chi connectivity index (χ2v) is 2.58. The van der Waals surface area contributed by atoms with Gasteiger partial charge in [-0.2, -0.15) is 0 Å². The molecule has 0 aliphatic carbocycles. The highest BCUT2D eigenvalue weighted by Gasteiger charge is 2.07. The molecule has 0 saturated heterocycles. The van der Waals surface area contributed by atoms with Crippen LogP contribution in [0.5, 0.6) is 0 Å². The van der Waals surface area contributed by atoms with E-state index in [-0.39, 0.29) is 11.9 Å². The van der Waals surface area contributed by atoms with Crippen LogP contribution >= 0.6 is 0 Å². The number of rotatable bonds is 6. The van der Waals surface area contributed by atoms with Crippen LogP contribution < -0.4 is 5.73 Å². The fraction of sp³-hybridized carbons (Fsp3) is 0.875. The number of hydrogen-bond acceptors (Lipinski definition) is 2. The third-order valence-electron chi connectivity index (χ3n) is 1.53. The van der Waals surface area contributed by atoms with Gasteiger partial charge in [-0.25, -0.2) is 0 Å². The fourth-order valence-electron chi connectivity index (χ4n) is 0.797. The first-order chi connectivity index (χ1) is 5.22. The molecule has 11 heavy (non-hydrogen) atoms. The van der Waals surface area contributed by atoms with E-state index in [9.17, 15) is 0 Å². The number of amidine groups is 1. The van der Waals surface area contributed by atoms with Crippen LogP contribution in [-0.4, -0.2) is 18.5 Å². The highest BCUT2D eigenvalue weighted by molar-refractivity contribution is 5.81. The predicted molar refractivity (Wildman–Crippen MR) is 46.9 cm³/mol. The van der Waals surface area contributed by atoms with Crippen molar-refractivity contribution in [1.82, 2.24) is 0 Å². The summed E-state index contributed by atoms with van der Waals surface area (Å²) in [7, 11) is 0. The van der Waals surface area contributed by atoms with Crippen LogP contribution in [-0.2, 0) is 4.74 Å². The largest absolute Gasteiger partial charge is 0.385 e. The van der Waals surface area contributed by atoms with Gasteiger partial charge in [0, 0.05) is 6.61 Å². The first-order valence-corrected chi connectivity index (χ1v) is 4.17. The van der Waals surface area contributed by atoms with E-state index in [0.717, 1.165) is 19.3 Å². The van der Waals surface area contributed by atoms with Crippen molar-refractivity contribution in [2.75, 3.05) is 6.61 Å². The molecule has 0 amide bonds. The summed E-state index contributed by atoms with van der Waals surface area (Å²) in [4.78, 5) is 0. The van der Waals surface area contributed by atoms with Gasteiger partial charge in [-0.3, -0.25) is 5.41 Å². The molecular weight excluding hydrogens is 140 g/mol. The lowest BCUT2D eigenvalue weighted by molar-refractivity contribution is 0.0916. The van der Waals surface area contributed by atoms with E-state index < -0.39 is 0 Å². The van der Waals surface area contributed by atoms with E-state index in [1.807, 2.05) is 6.92 Å². The van der Waals surface area contributed by atoms with Gasteiger partial charge in [-0.05, 0) is 12.8 Å². The van der Waals surface area contributed by atoms with Gasteiger partial charge in [0.15, 0.2) is 0 Å². The van der Waals surface area contributed by atoms with Crippen molar-refractivity contribution in [1.29, 1.82) is 5.41 Å². The van der Waals surface area contributed by atoms with Crippen LogP contribution in [0.3, 0.4) is 0 Å². The van der Waals surface area contributed by atoms with Crippen molar-refractivity contribution < 1.29 is 4.74 Å². The standard InChI is InChI=1S/C8H18N2O/c1-3-5-6-11-7(4-2)8(9)10/h7H,3-6H2,1-2H3,(H3,9,10). The lowest BCUT2D eigenvalue weighted by atomic mass is 10.2. The molecule has 3 heteroatoms. The molecule has 0 saturated carbocycles. The molecule has 66 valence electrons. The highest BCUT2D eigenvalue weighted by Crippen LogP contribution is 1.99. The summed E-state index contributed by atoms with van der Waals surface area (Å²) in [5, 5.41) is 7.14. The summed E-state index contributed by atoms with van der Waals surface area (Å²) in [6, 6.07) is 0. The second kappa shape index (κ2) is 6.16. The van der Waals surface area contributed by atoms with Gasteiger partial charge in [0.2, 0.25) is 0 Å². The maximum atomic E-state index is 7.14. The molecule has 0 aromatic heterocycles. The number of nitrogens with two attached hydrogens (primary N) is 1. The SMILES string of the molecule is CCCCOC(CC)C(=N)N. The van der Waals surface area contributed by atoms with Crippen molar-refractivity contribution in [2.24, 2.45) is 5.73 Å². The molecule has 0 aromatic carbocycles. The van der Waals surface area contributed by atoms with Crippen LogP contribution in [0.25, 0.3) is 0 Å². The molecule has 0 spiro atoms. The Labute approximate surface area is 68.4 Å². The van der Waals surface area contributed by atoms with Crippen LogP contribution in [0.15, 0.2) is 0 Å². The highest BCUT2D eigenvalue weighted by atomic mass is 16.5. The maximum absolute atomic E-state index is 7.14. The van der Waals surface area contributed by atoms with Crippen LogP contribution in [0, 0.1) is 5.41 Å². The predicted octanol–water partition coefficient (Wildman–Crippen LogP) is 1.52. The Kier molecular flexibility index (Phi) is 5.84. The Morgan fingerprint density at radius 2 is 2.18 bits per heavy atom. The molecule has 0 radical (unpaired) electrons. The van der Waals surface area contributed by atoms with Gasteiger partial charge < -0.3 is 10.5 Å². The summed E-state index contributed by atoms with van der Waals surface area (Å²) in [5.74, 6) is 0.142. The van der Waals surface area contributed by atoms with Crippen LogP contribution in [0.1, 0.15) is 33.1 Å². The average Bonchev–Trinajstić information content (AvgIpc) is 1.97. The van der Waals surface area contributed by atoms with E-state index in [1.54, 1.807) is 0 Å². The molecule has 0 heterocycles. The number of ether oxygens (including phenoxy) is 1. The van der Waals surface area contributed by atoms with Crippen LogP contribution in [0.4, 0.5) is 0 Å². The smallest absolute Gasteiger partial charge is 0.120 e. The molecular formula is C8H18N2O. The van der Waals surface area contributed by atoms with Crippen molar-refractivity contribution in [3.63, 3.8) is 0 Å². The molecule has 0 aliphatic rings. The zero-order chi connectivity index (χ0) is 8.69. The number of nitrogens with one attached hydrogen (secondary N) is 1. The van der Waals surface area contributed by atoms with Gasteiger partial charge >= 0.3 is 0 Å². The topological polar surface area (TPSA) is 59.1 Å². The van der Waals surface area contributed by atoms with Crippen molar-refractivity contribution in [3.05, 3.63) is 0 Å². The van der Waals surface area contributed by atoms with E-state index in [1.165, 1.54) is 0 Å². The Bertz CT molecular complexity index is 115. The zero-order valence-electron chi connectivity index (χ0n) is 7.39. The van der Waals surface area contributed by atoms with Gasteiger partial charge in [0.25, 0.3) is 0 Å². The third kappa shape index (κ3) is 4.79. The van der Waals surface area contributed by atoms with E-state index >= 15 is 0 Å². The number of hydrogen-bond donors (Lipinski definition) is 2. The summed E-state index contributed by atoms with van der Waals surface area (Å²) in [6.07, 6.45) is 2.79. The van der Waals surface area contributed by atoms with E-state index in [4.69, 9.17) is 15.9 Å². The van der Waals surface area contributed by atoms with E-state index in [2.05, 4.69) is 6.92 Å². The molecule has 0 aliphatic heterocycles. The Balaban J connectivity index is 3.44. The van der Waals surface area contributed by atoms with Crippen molar-refractivity contribution >= 4 is 5.84 Å². The third-order valence-corrected chi connectivity index (χ3v) is 1.53. The summed E-state index contributed by atoms with van der Waals surface area (Å²) in [5.41, 5.74) is 5.29. The minimum absolute atomic E-state index is 0.142. The maximum Gasteiger partial charge on any atom is 0.120 e. The Morgan fingerprint density at radius 3 is 2.55 bits per heavy atom. The average molecular weight is 158 g/mol. The number of unbranched alkanes of at least 4 members (excludes halogenated alkanes) is 1. The quantitative estimate of drug-likeness (QED) is 0.350. The molecule has 0 aromatic rings. The molecule has 0 rings (SSSR count). The lowest BCUT2D eigenvalue weighted by Crippen LogP contribution is -2.30. The lowest BCUT2D eigenvalue weighted by Gasteiger charge is -2.13. The second-order valence-electron chi connectivity index (χ2n) is 2.58. The minimum Gasteiger partial charge on any atom is -0.385 e. The fourth-order valence-corrected chi connectivity index (χ4v) is 0.797. The molecule has 0 bridgehead atoms. The monoisotopic (exact) mass is 158 g/mol. The summed E-state index contributed by atoms with van der Waals surface area (Å²) < 4.78 is 5.34. The molecule has 1 unspecified atom stereocenters. The van der Waals surface area contributed by atoms with Crippen molar-refractivity contribution in [3.8, 4) is 0 Å². The molecule has 3 N–H and O–H groups in total. The van der Waals surface area contributed by atoms with Crippen LogP contribution in [0.2, 0.25) is 0 Å². The van der Waals surface area contributed by atoms with Gasteiger partial charge in [0.05, 0.1) is 0 Å². The minimum atomic E-state index is -0.165. The molecule has 3 nitrogen and oxygen atoms in total. The normalized spacial score (nSPS) is 12.9. The summed E-state index contributed by atoms with van der Waals surface area (Å²) >= 11 is 0. The molecule has 0 fully saturated rings. The van der Waals surface area contributed by atoms with Gasteiger partial charge in [0.1, 0.15) is 11.9 Å². The van der Waals surface area contributed by atoms with Crippen molar-refractivity contribution in [2.45, 2.75) is 39.2 Å². The van der Waals surface area contributed by atoms with Gasteiger partial charge in [-0.15, -0.1) is 0 Å². The molecule has 1 atom stereocenters. The first kappa shape index (κ1) is 10.4. The zero-order valence-corrected chi connectivity index (χ0v) is 7.39. The summed E-state index contributed by atoms with van der Waals surface area (Å²) in [6.45, 7) is 4.80. The Hall–Kier alpha value is -0.570. The van der Waals surface area contributed by atoms with E-state index in [0.29, 0.717) is 6.61 Å². The van der Waals surface area contributed by atoms with Gasteiger partial charge in [-0.1, -0.05) is 20.3 Å². The Morgan fingerprint density at radius 1 is 1.55 bits per heavy atom. The first-order valence-electron chi connectivity index (χ1n) is 4.17.